The Labute approximate surface area is 135 Å². The molecule has 0 bridgehead atoms. The number of anilines is 2. The highest BCUT2D eigenvalue weighted by Gasteiger charge is 2.15. The van der Waals surface area contributed by atoms with Crippen molar-refractivity contribution < 1.29 is 9.53 Å². The Hall–Kier alpha value is -1.83. The number of alkyl carbamates (subject to hydrolysis) is 1. The number of nitrogens with one attached hydrogen (secondary N) is 2. The third kappa shape index (κ3) is 7.26. The van der Waals surface area contributed by atoms with Crippen LogP contribution in [-0.2, 0) is 4.74 Å². The second-order valence-corrected chi connectivity index (χ2v) is 6.17. The van der Waals surface area contributed by atoms with Crippen molar-refractivity contribution in [2.45, 2.75) is 32.8 Å². The van der Waals surface area contributed by atoms with E-state index in [-0.39, 0.29) is 5.28 Å². The number of hydrogen-bond acceptors (Lipinski definition) is 7. The fourth-order valence-electron chi connectivity index (χ4n) is 1.41. The Morgan fingerprint density at radius 1 is 1.23 bits per heavy atom. The molecule has 0 saturated heterocycles. The van der Waals surface area contributed by atoms with E-state index in [9.17, 15) is 4.79 Å². The monoisotopic (exact) mass is 330 g/mol. The molecule has 0 aliphatic rings. The molecule has 0 atom stereocenters. The summed E-state index contributed by atoms with van der Waals surface area (Å²) in [5.74, 6) is 0.885. The summed E-state index contributed by atoms with van der Waals surface area (Å²) in [5, 5.41) is 5.85. The van der Waals surface area contributed by atoms with E-state index in [0.29, 0.717) is 31.4 Å². The summed E-state index contributed by atoms with van der Waals surface area (Å²) in [4.78, 5) is 25.4. The molecule has 0 aliphatic carbocycles. The second-order valence-electron chi connectivity index (χ2n) is 5.83. The molecule has 8 nitrogen and oxygen atoms in total. The summed E-state index contributed by atoms with van der Waals surface area (Å²) in [6, 6.07) is 0. The molecule has 0 radical (unpaired) electrons. The average Bonchev–Trinajstić information content (AvgIpc) is 2.35. The normalized spacial score (nSPS) is 11.0. The first-order valence-electron chi connectivity index (χ1n) is 6.97. The molecule has 0 spiro atoms. The molecule has 1 aromatic heterocycles. The number of aromatic nitrogens is 3. The molecule has 0 aliphatic heterocycles. The van der Waals surface area contributed by atoms with Crippen LogP contribution in [0.1, 0.15) is 27.2 Å². The Balaban J connectivity index is 2.32. The molecule has 22 heavy (non-hydrogen) atoms. The molecule has 0 saturated carbocycles. The van der Waals surface area contributed by atoms with Gasteiger partial charge in [0.05, 0.1) is 0 Å². The van der Waals surface area contributed by atoms with Gasteiger partial charge in [-0.05, 0) is 38.8 Å². The minimum absolute atomic E-state index is 0.132. The molecule has 1 heterocycles. The SMILES string of the molecule is CN(C)c1nc(Cl)nc(NCCCNC(=O)OC(C)(C)C)n1. The Bertz CT molecular complexity index is 504. The van der Waals surface area contributed by atoms with Gasteiger partial charge in [-0.3, -0.25) is 0 Å². The van der Waals surface area contributed by atoms with E-state index in [1.54, 1.807) is 4.90 Å². The number of halogens is 1. The quantitative estimate of drug-likeness (QED) is 0.770. The molecule has 0 fully saturated rings. The molecule has 124 valence electrons. The third-order valence-electron chi connectivity index (χ3n) is 2.30. The number of carbonyl (C=O) groups excluding carboxylic acids is 1. The van der Waals surface area contributed by atoms with Gasteiger partial charge in [0.25, 0.3) is 0 Å². The van der Waals surface area contributed by atoms with Gasteiger partial charge in [0.15, 0.2) is 0 Å². The fourth-order valence-corrected chi connectivity index (χ4v) is 1.57. The Morgan fingerprint density at radius 2 is 1.91 bits per heavy atom. The van der Waals surface area contributed by atoms with Gasteiger partial charge in [-0.25, -0.2) is 4.79 Å². The maximum absolute atomic E-state index is 11.4. The van der Waals surface area contributed by atoms with Gasteiger partial charge in [0.2, 0.25) is 17.2 Å². The smallest absolute Gasteiger partial charge is 0.407 e. The van der Waals surface area contributed by atoms with Crippen molar-refractivity contribution in [3.63, 3.8) is 0 Å². The zero-order valence-electron chi connectivity index (χ0n) is 13.6. The Kier molecular flexibility index (Phi) is 6.61. The van der Waals surface area contributed by atoms with Crippen LogP contribution in [0.3, 0.4) is 0 Å². The molecule has 1 amide bonds. The van der Waals surface area contributed by atoms with Crippen molar-refractivity contribution in [2.75, 3.05) is 37.4 Å². The lowest BCUT2D eigenvalue weighted by Gasteiger charge is -2.19. The van der Waals surface area contributed by atoms with Gasteiger partial charge >= 0.3 is 6.09 Å². The zero-order chi connectivity index (χ0) is 16.8. The van der Waals surface area contributed by atoms with E-state index in [1.165, 1.54) is 0 Å². The molecule has 9 heteroatoms. The van der Waals surface area contributed by atoms with Crippen LogP contribution < -0.4 is 15.5 Å². The Morgan fingerprint density at radius 3 is 2.50 bits per heavy atom. The first-order valence-corrected chi connectivity index (χ1v) is 7.35. The van der Waals surface area contributed by atoms with Crippen LogP contribution in [0.5, 0.6) is 0 Å². The maximum Gasteiger partial charge on any atom is 0.407 e. The number of nitrogens with zero attached hydrogens (tertiary/aromatic N) is 4. The molecule has 1 rings (SSSR count). The topological polar surface area (TPSA) is 92.3 Å². The number of carbonyl (C=O) groups is 1. The zero-order valence-corrected chi connectivity index (χ0v) is 14.4. The van der Waals surface area contributed by atoms with E-state index >= 15 is 0 Å². The highest BCUT2D eigenvalue weighted by atomic mass is 35.5. The van der Waals surface area contributed by atoms with Crippen LogP contribution in [0.15, 0.2) is 0 Å². The molecule has 0 unspecified atom stereocenters. The van der Waals surface area contributed by atoms with E-state index in [4.69, 9.17) is 16.3 Å². The predicted molar refractivity (Wildman–Crippen MR) is 86.5 cm³/mol. The van der Waals surface area contributed by atoms with E-state index in [0.717, 1.165) is 0 Å². The second kappa shape index (κ2) is 7.98. The van der Waals surface area contributed by atoms with Crippen LogP contribution >= 0.6 is 11.6 Å². The van der Waals surface area contributed by atoms with E-state index in [2.05, 4.69) is 25.6 Å². The summed E-state index contributed by atoms with van der Waals surface area (Å²) in [6.45, 7) is 6.53. The van der Waals surface area contributed by atoms with Crippen molar-refractivity contribution in [1.29, 1.82) is 0 Å². The first-order chi connectivity index (χ1) is 10.2. The largest absolute Gasteiger partial charge is 0.444 e. The van der Waals surface area contributed by atoms with Gasteiger partial charge < -0.3 is 20.3 Å². The van der Waals surface area contributed by atoms with Crippen LogP contribution in [0.25, 0.3) is 0 Å². The summed E-state index contributed by atoms with van der Waals surface area (Å²) >= 11 is 5.83. The average molecular weight is 331 g/mol. The molecule has 0 aromatic carbocycles. The van der Waals surface area contributed by atoms with Crippen molar-refractivity contribution in [3.05, 3.63) is 5.28 Å². The lowest BCUT2D eigenvalue weighted by Crippen LogP contribution is -2.33. The summed E-state index contributed by atoms with van der Waals surface area (Å²) < 4.78 is 5.13. The van der Waals surface area contributed by atoms with Gasteiger partial charge in [-0.2, -0.15) is 15.0 Å². The predicted octanol–water partition coefficient (Wildman–Crippen LogP) is 1.92. The first kappa shape index (κ1) is 18.2. The minimum atomic E-state index is -0.494. The molecular weight excluding hydrogens is 308 g/mol. The highest BCUT2D eigenvalue weighted by Crippen LogP contribution is 2.11. The summed E-state index contributed by atoms with van der Waals surface area (Å²) in [5.41, 5.74) is -0.494. The van der Waals surface area contributed by atoms with Gasteiger partial charge in [-0.1, -0.05) is 0 Å². The van der Waals surface area contributed by atoms with Crippen LogP contribution in [0.2, 0.25) is 5.28 Å². The highest BCUT2D eigenvalue weighted by molar-refractivity contribution is 6.28. The van der Waals surface area contributed by atoms with Crippen molar-refractivity contribution in [2.24, 2.45) is 0 Å². The van der Waals surface area contributed by atoms with Crippen LogP contribution in [-0.4, -0.2) is 53.8 Å². The summed E-state index contributed by atoms with van der Waals surface area (Å²) in [7, 11) is 3.64. The number of ether oxygens (including phenoxy) is 1. The molecular formula is C13H23ClN6O2. The van der Waals surface area contributed by atoms with Crippen molar-refractivity contribution in [1.82, 2.24) is 20.3 Å². The van der Waals surface area contributed by atoms with Crippen molar-refractivity contribution in [3.8, 4) is 0 Å². The maximum atomic E-state index is 11.4. The lowest BCUT2D eigenvalue weighted by atomic mass is 10.2. The van der Waals surface area contributed by atoms with Crippen LogP contribution in [0, 0.1) is 0 Å². The molecule has 1 aromatic rings. The number of amides is 1. The lowest BCUT2D eigenvalue weighted by molar-refractivity contribution is 0.0528. The molecule has 2 N–H and O–H groups in total. The fraction of sp³-hybridized carbons (Fsp3) is 0.692. The van der Waals surface area contributed by atoms with E-state index in [1.807, 2.05) is 34.9 Å². The van der Waals surface area contributed by atoms with Gasteiger partial charge in [-0.15, -0.1) is 0 Å². The standard InChI is InChI=1S/C13H23ClN6O2/c1-13(2,3)22-12(21)16-8-6-7-15-10-17-9(14)18-11(19-10)20(4)5/h6-8H2,1-5H3,(H,16,21)(H,15,17,18,19). The van der Waals surface area contributed by atoms with Crippen LogP contribution in [0.4, 0.5) is 16.7 Å². The van der Waals surface area contributed by atoms with Crippen molar-refractivity contribution >= 4 is 29.6 Å². The minimum Gasteiger partial charge on any atom is -0.444 e. The van der Waals surface area contributed by atoms with E-state index < -0.39 is 11.7 Å². The van der Waals surface area contributed by atoms with Gasteiger partial charge in [0, 0.05) is 27.2 Å². The number of rotatable bonds is 6. The number of hydrogen-bond donors (Lipinski definition) is 2. The summed E-state index contributed by atoms with van der Waals surface area (Å²) in [6.07, 6.45) is 0.269. The third-order valence-corrected chi connectivity index (χ3v) is 2.47. The van der Waals surface area contributed by atoms with Gasteiger partial charge in [0.1, 0.15) is 5.60 Å².